The van der Waals surface area contributed by atoms with Crippen LogP contribution in [0.25, 0.3) is 11.3 Å². The van der Waals surface area contributed by atoms with Gasteiger partial charge >= 0.3 is 0 Å². The van der Waals surface area contributed by atoms with Crippen molar-refractivity contribution in [2.24, 2.45) is 7.05 Å². The fourth-order valence-corrected chi connectivity index (χ4v) is 3.61. The molecule has 0 aliphatic rings. The maximum atomic E-state index is 14.5. The van der Waals surface area contributed by atoms with Crippen LogP contribution >= 0.6 is 0 Å². The molecule has 2 aromatic carbocycles. The number of methoxy groups -OCH3 is 1. The topological polar surface area (TPSA) is 98.9 Å². The number of anilines is 1. The molecule has 1 heterocycles. The molecule has 0 fully saturated rings. The largest absolute Gasteiger partial charge is 0.494 e. The second kappa shape index (κ2) is 21.0. The third kappa shape index (κ3) is 11.8. The molecule has 3 N–H and O–H groups in total. The molecule has 3 aromatic rings. The van der Waals surface area contributed by atoms with Gasteiger partial charge in [0, 0.05) is 37.0 Å². The normalized spacial score (nSPS) is 9.91. The van der Waals surface area contributed by atoms with Gasteiger partial charge in [-0.15, -0.1) is 0 Å². The molecule has 0 atom stereocenters. The minimum atomic E-state index is -1.12. The number of aryl methyl sites for hydroxylation is 1. The smallest absolute Gasteiger partial charge is 0.291 e. The predicted molar refractivity (Wildman–Crippen MR) is 169 cm³/mol. The van der Waals surface area contributed by atoms with Crippen molar-refractivity contribution in [3.63, 3.8) is 0 Å². The van der Waals surface area contributed by atoms with Crippen LogP contribution in [0.15, 0.2) is 36.5 Å². The van der Waals surface area contributed by atoms with Gasteiger partial charge in [0.1, 0.15) is 0 Å². The van der Waals surface area contributed by atoms with Gasteiger partial charge in [-0.25, -0.2) is 9.37 Å². The van der Waals surface area contributed by atoms with Gasteiger partial charge in [0.25, 0.3) is 11.8 Å². The van der Waals surface area contributed by atoms with E-state index >= 15 is 0 Å². The van der Waals surface area contributed by atoms with Gasteiger partial charge in [-0.3, -0.25) is 9.59 Å². The van der Waals surface area contributed by atoms with Crippen molar-refractivity contribution in [3.8, 4) is 17.0 Å². The number of imidazole rings is 1. The van der Waals surface area contributed by atoms with Crippen molar-refractivity contribution < 1.29 is 32.7 Å². The third-order valence-corrected chi connectivity index (χ3v) is 5.46. The number of hydrogen-bond acceptors (Lipinski definition) is 5. The number of hydrogen-bond donors (Lipinski definition) is 3. The van der Waals surface area contributed by atoms with Crippen LogP contribution in [0.3, 0.4) is 0 Å². The molecule has 43 heavy (non-hydrogen) atoms. The van der Waals surface area contributed by atoms with Crippen molar-refractivity contribution in [2.75, 3.05) is 53.3 Å². The Balaban J connectivity index is 0.00000200. The number of nitrogens with zero attached hydrogens (tertiary/aromatic N) is 2. The Morgan fingerprint density at radius 2 is 1.60 bits per heavy atom. The van der Waals surface area contributed by atoms with E-state index in [1.54, 1.807) is 18.2 Å². The number of aromatic nitrogens is 2. The molecular formula is C32H50F2N5O4+. The molecule has 0 bridgehead atoms. The fraction of sp³-hybridized carbons (Fsp3) is 0.469. The first-order chi connectivity index (χ1) is 20.5. The van der Waals surface area contributed by atoms with Crippen LogP contribution < -0.4 is 20.3 Å². The highest BCUT2D eigenvalue weighted by Crippen LogP contribution is 2.30. The Labute approximate surface area is 255 Å². The second-order valence-electron chi connectivity index (χ2n) is 9.10. The van der Waals surface area contributed by atoms with E-state index in [-0.39, 0.29) is 28.7 Å². The first-order valence-electron chi connectivity index (χ1n) is 14.7. The lowest BCUT2D eigenvalue weighted by molar-refractivity contribution is -0.836. The van der Waals surface area contributed by atoms with Crippen LogP contribution in [0.2, 0.25) is 0 Å². The Kier molecular flexibility index (Phi) is 19.1. The zero-order valence-electron chi connectivity index (χ0n) is 27.6. The van der Waals surface area contributed by atoms with Crippen molar-refractivity contribution in [1.82, 2.24) is 14.9 Å². The minimum Gasteiger partial charge on any atom is -0.494 e. The molecule has 0 saturated heterocycles. The number of carbonyl (C=O) groups excluding carboxylic acids is 2. The molecule has 0 spiro atoms. The van der Waals surface area contributed by atoms with E-state index < -0.39 is 17.5 Å². The number of ether oxygens (including phenoxy) is 2. The highest BCUT2D eigenvalue weighted by molar-refractivity contribution is 6.03. The van der Waals surface area contributed by atoms with E-state index in [4.69, 9.17) is 9.47 Å². The summed E-state index contributed by atoms with van der Waals surface area (Å²) in [5.74, 6) is -3.18. The van der Waals surface area contributed by atoms with E-state index in [0.29, 0.717) is 37.4 Å². The van der Waals surface area contributed by atoms with E-state index in [9.17, 15) is 18.4 Å². The molecule has 3 rings (SSSR count). The summed E-state index contributed by atoms with van der Waals surface area (Å²) in [4.78, 5) is 30.9. The lowest BCUT2D eigenvalue weighted by Gasteiger charge is -2.12. The lowest BCUT2D eigenvalue weighted by atomic mass is 10.0. The molecular weight excluding hydrogens is 556 g/mol. The van der Waals surface area contributed by atoms with Crippen LogP contribution in [0.4, 0.5) is 14.5 Å². The van der Waals surface area contributed by atoms with Crippen molar-refractivity contribution in [3.05, 3.63) is 65.1 Å². The first-order valence-corrected chi connectivity index (χ1v) is 14.7. The van der Waals surface area contributed by atoms with Gasteiger partial charge in [-0.05, 0) is 49.2 Å². The summed E-state index contributed by atoms with van der Waals surface area (Å²) in [6.07, 6.45) is 1.87. The summed E-state index contributed by atoms with van der Waals surface area (Å²) < 4.78 is 40.1. The number of halogens is 2. The van der Waals surface area contributed by atoms with Gasteiger partial charge in [0.15, 0.2) is 17.4 Å². The number of amides is 2. The Hall–Kier alpha value is -3.83. The average Bonchev–Trinajstić information content (AvgIpc) is 3.39. The summed E-state index contributed by atoms with van der Waals surface area (Å²) in [6, 6.07) is 7.65. The van der Waals surface area contributed by atoms with E-state index in [0.717, 1.165) is 5.56 Å². The van der Waals surface area contributed by atoms with Crippen LogP contribution in [0.1, 0.15) is 68.1 Å². The Bertz CT molecular complexity index is 1280. The summed E-state index contributed by atoms with van der Waals surface area (Å²) in [5, 5.41) is 5.55. The predicted octanol–water partition coefficient (Wildman–Crippen LogP) is 4.77. The van der Waals surface area contributed by atoms with Crippen LogP contribution in [-0.2, 0) is 18.2 Å². The molecule has 0 aliphatic heterocycles. The number of carbonyl (C=O) groups is 2. The Morgan fingerprint density at radius 3 is 2.16 bits per heavy atom. The monoisotopic (exact) mass is 606 g/mol. The molecule has 0 radical (unpaired) electrons. The zero-order chi connectivity index (χ0) is 33.1. The molecule has 0 aliphatic carbocycles. The van der Waals surface area contributed by atoms with Gasteiger partial charge < -0.3 is 29.6 Å². The zero-order valence-corrected chi connectivity index (χ0v) is 27.6. The second-order valence-corrected chi connectivity index (χ2v) is 9.10. The molecule has 2 amide bonds. The number of nitrogens with one attached hydrogen (secondary N) is 3. The Morgan fingerprint density at radius 1 is 0.977 bits per heavy atom. The van der Waals surface area contributed by atoms with Crippen LogP contribution in [0.5, 0.6) is 5.75 Å². The van der Waals surface area contributed by atoms with Gasteiger partial charge in [0.05, 0.1) is 46.8 Å². The number of rotatable bonds is 10. The first kappa shape index (κ1) is 39.2. The van der Waals surface area contributed by atoms with Gasteiger partial charge in [-0.2, -0.15) is 4.39 Å². The fourth-order valence-electron chi connectivity index (χ4n) is 3.61. The maximum Gasteiger partial charge on any atom is 0.291 e. The summed E-state index contributed by atoms with van der Waals surface area (Å²) in [7, 11) is 9.03. The molecule has 1 aromatic heterocycles. The van der Waals surface area contributed by atoms with E-state index in [1.165, 1.54) is 42.0 Å². The third-order valence-electron chi connectivity index (χ3n) is 5.46. The van der Waals surface area contributed by atoms with Crippen molar-refractivity contribution in [2.45, 2.75) is 48.0 Å². The van der Waals surface area contributed by atoms with Crippen LogP contribution in [0, 0.1) is 11.6 Å². The lowest BCUT2D eigenvalue weighted by Crippen LogP contribution is -3.02. The van der Waals surface area contributed by atoms with Crippen LogP contribution in [-0.4, -0.2) is 69.4 Å². The standard InChI is InChI=1S/C25H28F2N4O4.C3H9N.2C2H6/c1-5-15-13-16(7-8-17(15)24(32)28-11-12-35-6-2)30-25(33)23-29-14-19(31(23)3)18-9-10-20(34-4)22(27)21(18)26;1-4(2)3;2*1-2/h7-10,13-14H,5-6,11-12H2,1-4H3,(H,28,32)(H,30,33);1-3H3;2*1-2H3/p+1. The van der Waals surface area contributed by atoms with Gasteiger partial charge in [-0.1, -0.05) is 34.6 Å². The highest BCUT2D eigenvalue weighted by Gasteiger charge is 2.21. The summed E-state index contributed by atoms with van der Waals surface area (Å²) in [6.45, 7) is 13.2. The van der Waals surface area contributed by atoms with Crippen molar-refractivity contribution >= 4 is 17.5 Å². The van der Waals surface area contributed by atoms with Gasteiger partial charge in [0.2, 0.25) is 5.82 Å². The van der Waals surface area contributed by atoms with E-state index in [2.05, 4.69) is 36.8 Å². The molecule has 0 unspecified atom stereocenters. The summed E-state index contributed by atoms with van der Waals surface area (Å²) >= 11 is 0. The number of quaternary nitrogens is 1. The molecule has 9 nitrogen and oxygen atoms in total. The highest BCUT2D eigenvalue weighted by atomic mass is 19.2. The quantitative estimate of drug-likeness (QED) is 0.289. The average molecular weight is 607 g/mol. The van der Waals surface area contributed by atoms with Crippen molar-refractivity contribution in [1.29, 1.82) is 0 Å². The minimum absolute atomic E-state index is 0.00594. The maximum absolute atomic E-state index is 14.5. The summed E-state index contributed by atoms with van der Waals surface area (Å²) in [5.41, 5.74) is 1.92. The number of benzene rings is 2. The SMILES string of the molecule is CC.CC.CCOCCNC(=O)c1ccc(NC(=O)c2ncc(-c3ccc(OC)c(F)c3F)n2C)cc1CC.C[NH+](C)C. The van der Waals surface area contributed by atoms with E-state index in [1.807, 2.05) is 41.5 Å². The molecule has 240 valence electrons. The molecule has 11 heteroatoms. The molecule has 0 saturated carbocycles.